The van der Waals surface area contributed by atoms with E-state index in [1.165, 1.54) is 0 Å². The third kappa shape index (κ3) is 7.13. The van der Waals surface area contributed by atoms with Gasteiger partial charge in [-0.2, -0.15) is 0 Å². The molecule has 0 unspecified atom stereocenters. The molecule has 0 aliphatic rings. The summed E-state index contributed by atoms with van der Waals surface area (Å²) in [5, 5.41) is 12.5. The highest BCUT2D eigenvalue weighted by molar-refractivity contribution is 6.21. The van der Waals surface area contributed by atoms with Crippen LogP contribution in [-0.4, -0.2) is 27.3 Å². The molecule has 2 heterocycles. The van der Waals surface area contributed by atoms with Crippen LogP contribution in [0.2, 0.25) is 0 Å². The second-order valence-corrected chi connectivity index (χ2v) is 7.42. The van der Waals surface area contributed by atoms with Crippen LogP contribution in [0.3, 0.4) is 0 Å². The number of ether oxygens (including phenoxy) is 2. The number of aromatic nitrogens is 2. The van der Waals surface area contributed by atoms with Gasteiger partial charge in [-0.15, -0.1) is 0 Å². The normalized spacial score (nSPS) is 10.9. The lowest BCUT2D eigenvalue weighted by Gasteiger charge is -2.17. The van der Waals surface area contributed by atoms with Gasteiger partial charge in [-0.25, -0.2) is 4.79 Å². The molecule has 2 aromatic heterocycles. The van der Waals surface area contributed by atoms with E-state index in [9.17, 15) is 4.79 Å². The van der Waals surface area contributed by atoms with Crippen LogP contribution >= 0.6 is 0 Å². The number of rotatable bonds is 11. The Morgan fingerprint density at radius 2 is 1.26 bits per heavy atom. The average Bonchev–Trinajstić information content (AvgIpc) is 2.91. The van der Waals surface area contributed by atoms with Crippen molar-refractivity contribution in [2.24, 2.45) is 5.16 Å². The van der Waals surface area contributed by atoms with Crippen LogP contribution in [0.25, 0.3) is 0 Å². The van der Waals surface area contributed by atoms with Crippen LogP contribution in [0.1, 0.15) is 28.6 Å². The first-order valence-electron chi connectivity index (χ1n) is 10.8. The number of pyridine rings is 2. The molecule has 1 N–H and O–H groups in total. The summed E-state index contributed by atoms with van der Waals surface area (Å²) in [5.41, 5.74) is 3.21. The molecule has 4 rings (SSSR count). The minimum Gasteiger partial charge on any atom is -0.487 e. The molecule has 0 radical (unpaired) electrons. The first-order valence-corrected chi connectivity index (χ1v) is 10.8. The van der Waals surface area contributed by atoms with E-state index >= 15 is 0 Å². The quantitative estimate of drug-likeness (QED) is 0.248. The van der Waals surface area contributed by atoms with Crippen LogP contribution in [0.15, 0.2) is 102 Å². The number of hydrogen-bond donors (Lipinski definition) is 1. The number of carboxylic acid groups (broad SMARTS) is 1. The minimum absolute atomic E-state index is 0.350. The SMILES string of the molecule is O=C(O)C=NOC(c1ccc(OCc2ccccn2)cc1)c1ccc(OCc2ccccn2)cc1. The van der Waals surface area contributed by atoms with E-state index in [-0.39, 0.29) is 0 Å². The van der Waals surface area contributed by atoms with E-state index in [0.717, 1.165) is 22.5 Å². The van der Waals surface area contributed by atoms with Gasteiger partial charge in [-0.1, -0.05) is 41.6 Å². The zero-order chi connectivity index (χ0) is 24.3. The van der Waals surface area contributed by atoms with Crippen LogP contribution in [-0.2, 0) is 22.8 Å². The lowest BCUT2D eigenvalue weighted by atomic mass is 10.0. The Morgan fingerprint density at radius 1 is 0.771 bits per heavy atom. The number of aliphatic carboxylic acids is 1. The third-order valence-electron chi connectivity index (χ3n) is 4.92. The van der Waals surface area contributed by atoms with E-state index in [2.05, 4.69) is 15.1 Å². The maximum Gasteiger partial charge on any atom is 0.350 e. The van der Waals surface area contributed by atoms with Gasteiger partial charge in [-0.3, -0.25) is 9.97 Å². The van der Waals surface area contributed by atoms with Crippen molar-refractivity contribution in [2.75, 3.05) is 0 Å². The summed E-state index contributed by atoms with van der Waals surface area (Å²) in [6.07, 6.45) is 3.52. The highest BCUT2D eigenvalue weighted by Crippen LogP contribution is 2.29. The predicted octanol–water partition coefficient (Wildman–Crippen LogP) is 4.81. The van der Waals surface area contributed by atoms with Crippen LogP contribution in [0.5, 0.6) is 11.5 Å². The molecule has 0 amide bonds. The highest BCUT2D eigenvalue weighted by Gasteiger charge is 2.17. The van der Waals surface area contributed by atoms with Gasteiger partial charge in [0.2, 0.25) is 0 Å². The number of nitrogens with zero attached hydrogens (tertiary/aromatic N) is 3. The highest BCUT2D eigenvalue weighted by atomic mass is 16.6. The molecule has 176 valence electrons. The van der Waals surface area contributed by atoms with Crippen molar-refractivity contribution in [1.29, 1.82) is 0 Å². The van der Waals surface area contributed by atoms with Crippen molar-refractivity contribution in [3.8, 4) is 11.5 Å². The van der Waals surface area contributed by atoms with Gasteiger partial charge in [0.1, 0.15) is 24.7 Å². The maximum absolute atomic E-state index is 10.8. The van der Waals surface area contributed by atoms with E-state index in [1.807, 2.05) is 84.9 Å². The van der Waals surface area contributed by atoms with E-state index in [1.54, 1.807) is 12.4 Å². The van der Waals surface area contributed by atoms with Gasteiger partial charge >= 0.3 is 5.97 Å². The van der Waals surface area contributed by atoms with Crippen LogP contribution < -0.4 is 9.47 Å². The van der Waals surface area contributed by atoms with Crippen molar-refractivity contribution in [2.45, 2.75) is 19.3 Å². The molecule has 0 fully saturated rings. The fourth-order valence-electron chi connectivity index (χ4n) is 3.21. The lowest BCUT2D eigenvalue weighted by molar-refractivity contribution is -0.129. The standard InChI is InChI=1S/C27H23N3O5/c31-26(32)17-30-35-27(20-7-11-24(12-8-20)33-18-22-5-1-3-15-28-22)21-9-13-25(14-10-21)34-19-23-6-2-4-16-29-23/h1-17,27H,18-19H2,(H,31,32). The second-order valence-electron chi connectivity index (χ2n) is 7.42. The summed E-state index contributed by atoms with van der Waals surface area (Å²) in [6.45, 7) is 0.700. The Hall–Kier alpha value is -4.72. The van der Waals surface area contributed by atoms with Crippen molar-refractivity contribution in [3.05, 3.63) is 120 Å². The molecule has 0 saturated heterocycles. The van der Waals surface area contributed by atoms with Crippen LogP contribution in [0.4, 0.5) is 0 Å². The topological polar surface area (TPSA) is 103 Å². The van der Waals surface area contributed by atoms with E-state index < -0.39 is 12.1 Å². The first kappa shape index (κ1) is 23.4. The summed E-state index contributed by atoms with van der Waals surface area (Å²) in [4.78, 5) is 24.9. The first-order chi connectivity index (χ1) is 17.2. The fourth-order valence-corrected chi connectivity index (χ4v) is 3.21. The van der Waals surface area contributed by atoms with E-state index in [0.29, 0.717) is 30.9 Å². The molecule has 0 spiro atoms. The molecule has 8 heteroatoms. The Morgan fingerprint density at radius 3 is 1.66 bits per heavy atom. The number of oxime groups is 1. The Kier molecular flexibility index (Phi) is 8.00. The number of hydrogen-bond acceptors (Lipinski definition) is 7. The molecule has 0 aliphatic heterocycles. The summed E-state index contributed by atoms with van der Waals surface area (Å²) >= 11 is 0. The van der Waals surface area contributed by atoms with Gasteiger partial charge in [0.25, 0.3) is 0 Å². The molecule has 2 aromatic carbocycles. The van der Waals surface area contributed by atoms with Crippen molar-refractivity contribution in [1.82, 2.24) is 9.97 Å². The number of benzene rings is 2. The third-order valence-corrected chi connectivity index (χ3v) is 4.92. The summed E-state index contributed by atoms with van der Waals surface area (Å²) in [5.74, 6) is 0.149. The van der Waals surface area contributed by atoms with Gasteiger partial charge in [0.05, 0.1) is 11.4 Å². The van der Waals surface area contributed by atoms with Gasteiger partial charge in [0, 0.05) is 12.4 Å². The monoisotopic (exact) mass is 469 g/mol. The zero-order valence-corrected chi connectivity index (χ0v) is 18.7. The van der Waals surface area contributed by atoms with Crippen molar-refractivity contribution < 1.29 is 24.2 Å². The minimum atomic E-state index is -1.19. The van der Waals surface area contributed by atoms with Gasteiger partial charge < -0.3 is 19.4 Å². The lowest BCUT2D eigenvalue weighted by Crippen LogP contribution is -2.05. The number of carbonyl (C=O) groups is 1. The molecular weight excluding hydrogens is 446 g/mol. The Labute approximate surface area is 202 Å². The predicted molar refractivity (Wildman–Crippen MR) is 129 cm³/mol. The summed E-state index contributed by atoms with van der Waals surface area (Å²) in [6, 6.07) is 26.0. The molecule has 0 bridgehead atoms. The fraction of sp³-hybridized carbons (Fsp3) is 0.111. The largest absolute Gasteiger partial charge is 0.487 e. The van der Waals surface area contributed by atoms with Gasteiger partial charge in [0.15, 0.2) is 12.3 Å². The van der Waals surface area contributed by atoms with Gasteiger partial charge in [-0.05, 0) is 59.7 Å². The molecule has 8 nitrogen and oxygen atoms in total. The molecule has 35 heavy (non-hydrogen) atoms. The van der Waals surface area contributed by atoms with Crippen LogP contribution in [0, 0.1) is 0 Å². The maximum atomic E-state index is 10.8. The molecule has 0 saturated carbocycles. The number of carboxylic acids is 1. The average molecular weight is 469 g/mol. The smallest absolute Gasteiger partial charge is 0.350 e. The Bertz CT molecular complexity index is 1140. The molecular formula is C27H23N3O5. The molecule has 0 atom stereocenters. The van der Waals surface area contributed by atoms with Crippen molar-refractivity contribution >= 4 is 12.2 Å². The van der Waals surface area contributed by atoms with E-state index in [4.69, 9.17) is 19.4 Å². The molecule has 0 aliphatic carbocycles. The second kappa shape index (κ2) is 11.9. The summed E-state index contributed by atoms with van der Waals surface area (Å²) in [7, 11) is 0. The Balaban J connectivity index is 1.45. The zero-order valence-electron chi connectivity index (χ0n) is 18.7. The van der Waals surface area contributed by atoms with Crippen molar-refractivity contribution in [3.63, 3.8) is 0 Å². The summed E-state index contributed by atoms with van der Waals surface area (Å²) < 4.78 is 11.6. The molecule has 4 aromatic rings.